The molecule has 0 atom stereocenters. The lowest BCUT2D eigenvalue weighted by molar-refractivity contribution is -0.131. The summed E-state index contributed by atoms with van der Waals surface area (Å²) in [4.78, 5) is 30.1. The summed E-state index contributed by atoms with van der Waals surface area (Å²) in [6.07, 6.45) is 3.27. The van der Waals surface area contributed by atoms with Crippen molar-refractivity contribution >= 4 is 16.8 Å². The zero-order valence-electron chi connectivity index (χ0n) is 11.2. The summed E-state index contributed by atoms with van der Waals surface area (Å²) >= 11 is 0. The van der Waals surface area contributed by atoms with E-state index in [1.165, 1.54) is 4.57 Å². The molecule has 2 aromatic rings. The number of amides is 1. The van der Waals surface area contributed by atoms with Gasteiger partial charge in [0.2, 0.25) is 5.91 Å². The van der Waals surface area contributed by atoms with Crippen molar-refractivity contribution in [1.82, 2.24) is 14.5 Å². The molecular weight excluding hydrogens is 242 g/mol. The molecule has 2 heterocycles. The van der Waals surface area contributed by atoms with Crippen LogP contribution in [0, 0.1) is 0 Å². The van der Waals surface area contributed by atoms with Gasteiger partial charge in [-0.3, -0.25) is 14.6 Å². The summed E-state index contributed by atoms with van der Waals surface area (Å²) in [6, 6.07) is 5.20. The smallest absolute Gasteiger partial charge is 0.260 e. The third-order valence-corrected chi connectivity index (χ3v) is 3.16. The van der Waals surface area contributed by atoms with E-state index in [1.54, 1.807) is 35.5 Å². The van der Waals surface area contributed by atoms with Crippen LogP contribution in [0.4, 0.5) is 0 Å². The van der Waals surface area contributed by atoms with Crippen LogP contribution in [0.5, 0.6) is 0 Å². The third kappa shape index (κ3) is 2.65. The molecule has 0 aliphatic carbocycles. The van der Waals surface area contributed by atoms with Crippen LogP contribution < -0.4 is 5.56 Å². The lowest BCUT2D eigenvalue weighted by atomic mass is 10.2. The van der Waals surface area contributed by atoms with E-state index >= 15 is 0 Å². The number of nitrogens with zero attached hydrogens (tertiary/aromatic N) is 3. The fraction of sp³-hybridized carbons (Fsp3) is 0.357. The van der Waals surface area contributed by atoms with Crippen molar-refractivity contribution in [3.05, 3.63) is 40.9 Å². The Labute approximate surface area is 111 Å². The Morgan fingerprint density at radius 2 is 2.05 bits per heavy atom. The number of hydrogen-bond acceptors (Lipinski definition) is 3. The second-order valence-corrected chi connectivity index (χ2v) is 4.25. The highest BCUT2D eigenvalue weighted by Gasteiger charge is 2.12. The van der Waals surface area contributed by atoms with Crippen LogP contribution >= 0.6 is 0 Å². The molecule has 2 aromatic heterocycles. The maximum absolute atomic E-state index is 12.2. The number of hydrogen-bond donors (Lipinski definition) is 0. The van der Waals surface area contributed by atoms with Crippen LogP contribution in [0.3, 0.4) is 0 Å². The lowest BCUT2D eigenvalue weighted by Crippen LogP contribution is -2.36. The normalized spacial score (nSPS) is 10.6. The van der Waals surface area contributed by atoms with E-state index in [4.69, 9.17) is 0 Å². The van der Waals surface area contributed by atoms with Gasteiger partial charge in [0.1, 0.15) is 6.54 Å². The standard InChI is InChI=1S/C14H17N3O2/c1-3-16(4-2)13(18)10-17-9-7-12-11(14(17)19)6-5-8-15-12/h5-9H,3-4,10H2,1-2H3. The Kier molecular flexibility index (Phi) is 3.94. The topological polar surface area (TPSA) is 55.2 Å². The van der Waals surface area contributed by atoms with Crippen molar-refractivity contribution in [2.75, 3.05) is 13.1 Å². The zero-order chi connectivity index (χ0) is 13.8. The first kappa shape index (κ1) is 13.3. The fourth-order valence-electron chi connectivity index (χ4n) is 2.06. The molecule has 5 nitrogen and oxygen atoms in total. The number of likely N-dealkylation sites (N-methyl/N-ethyl adjacent to an activating group) is 1. The molecule has 0 aliphatic rings. The van der Waals surface area contributed by atoms with Gasteiger partial charge < -0.3 is 9.47 Å². The summed E-state index contributed by atoms with van der Waals surface area (Å²) in [5.74, 6) is -0.0460. The van der Waals surface area contributed by atoms with E-state index in [2.05, 4.69) is 4.98 Å². The average molecular weight is 259 g/mol. The summed E-state index contributed by atoms with van der Waals surface area (Å²) in [6.45, 7) is 5.23. The quantitative estimate of drug-likeness (QED) is 0.830. The van der Waals surface area contributed by atoms with E-state index < -0.39 is 0 Å². The maximum Gasteiger partial charge on any atom is 0.260 e. The highest BCUT2D eigenvalue weighted by Crippen LogP contribution is 2.04. The number of carbonyl (C=O) groups excluding carboxylic acids is 1. The van der Waals surface area contributed by atoms with Gasteiger partial charge in [-0.2, -0.15) is 0 Å². The minimum Gasteiger partial charge on any atom is -0.342 e. The number of aromatic nitrogens is 2. The van der Waals surface area contributed by atoms with Crippen LogP contribution in [0.2, 0.25) is 0 Å². The van der Waals surface area contributed by atoms with Gasteiger partial charge in [0.15, 0.2) is 0 Å². The molecule has 5 heteroatoms. The molecule has 0 unspecified atom stereocenters. The monoisotopic (exact) mass is 259 g/mol. The Morgan fingerprint density at radius 1 is 1.32 bits per heavy atom. The summed E-state index contributed by atoms with van der Waals surface area (Å²) in [5.41, 5.74) is 0.477. The van der Waals surface area contributed by atoms with E-state index in [1.807, 2.05) is 13.8 Å². The predicted molar refractivity (Wildman–Crippen MR) is 73.9 cm³/mol. The van der Waals surface area contributed by atoms with Gasteiger partial charge in [-0.25, -0.2) is 0 Å². The van der Waals surface area contributed by atoms with Crippen LogP contribution in [-0.2, 0) is 11.3 Å². The Morgan fingerprint density at radius 3 is 2.74 bits per heavy atom. The van der Waals surface area contributed by atoms with Crippen molar-refractivity contribution in [1.29, 1.82) is 0 Å². The molecular formula is C14H17N3O2. The number of pyridine rings is 2. The molecule has 0 fully saturated rings. The van der Waals surface area contributed by atoms with Crippen LogP contribution in [0.1, 0.15) is 13.8 Å². The van der Waals surface area contributed by atoms with Crippen molar-refractivity contribution in [2.24, 2.45) is 0 Å². The zero-order valence-corrected chi connectivity index (χ0v) is 11.2. The summed E-state index contributed by atoms with van der Waals surface area (Å²) in [7, 11) is 0. The molecule has 2 rings (SSSR count). The minimum absolute atomic E-state index is 0.0460. The lowest BCUT2D eigenvalue weighted by Gasteiger charge is -2.19. The van der Waals surface area contributed by atoms with Gasteiger partial charge in [0.25, 0.3) is 5.56 Å². The first-order valence-electron chi connectivity index (χ1n) is 6.39. The van der Waals surface area contributed by atoms with Crippen LogP contribution in [0.25, 0.3) is 10.9 Å². The molecule has 0 aromatic carbocycles. The van der Waals surface area contributed by atoms with Gasteiger partial charge in [0.05, 0.1) is 10.9 Å². The van der Waals surface area contributed by atoms with Crippen molar-refractivity contribution in [3.8, 4) is 0 Å². The summed E-state index contributed by atoms with van der Waals surface area (Å²) in [5, 5.41) is 0.539. The Balaban J connectivity index is 2.34. The minimum atomic E-state index is -0.175. The number of fused-ring (bicyclic) bond motifs is 1. The molecule has 0 saturated heterocycles. The van der Waals surface area contributed by atoms with Gasteiger partial charge in [0, 0.05) is 25.5 Å². The van der Waals surface area contributed by atoms with E-state index in [0.29, 0.717) is 24.0 Å². The van der Waals surface area contributed by atoms with Crippen molar-refractivity contribution in [3.63, 3.8) is 0 Å². The van der Waals surface area contributed by atoms with Gasteiger partial charge >= 0.3 is 0 Å². The average Bonchev–Trinajstić information content (AvgIpc) is 2.43. The molecule has 100 valence electrons. The molecule has 19 heavy (non-hydrogen) atoms. The maximum atomic E-state index is 12.2. The van der Waals surface area contributed by atoms with Gasteiger partial charge in [-0.1, -0.05) is 0 Å². The van der Waals surface area contributed by atoms with Crippen LogP contribution in [-0.4, -0.2) is 33.4 Å². The van der Waals surface area contributed by atoms with Gasteiger partial charge in [-0.05, 0) is 32.0 Å². The molecule has 0 radical (unpaired) electrons. The molecule has 0 spiro atoms. The third-order valence-electron chi connectivity index (χ3n) is 3.16. The SMILES string of the molecule is CCN(CC)C(=O)Cn1ccc2ncccc2c1=O. The number of rotatable bonds is 4. The molecule has 1 amide bonds. The first-order valence-corrected chi connectivity index (χ1v) is 6.39. The molecule has 0 N–H and O–H groups in total. The molecule has 0 bridgehead atoms. The molecule has 0 saturated carbocycles. The highest BCUT2D eigenvalue weighted by atomic mass is 16.2. The largest absolute Gasteiger partial charge is 0.342 e. The fourth-order valence-corrected chi connectivity index (χ4v) is 2.06. The van der Waals surface area contributed by atoms with Crippen molar-refractivity contribution < 1.29 is 4.79 Å². The van der Waals surface area contributed by atoms with E-state index in [9.17, 15) is 9.59 Å². The second kappa shape index (κ2) is 5.65. The molecule has 0 aliphatic heterocycles. The van der Waals surface area contributed by atoms with Gasteiger partial charge in [-0.15, -0.1) is 0 Å². The number of carbonyl (C=O) groups is 1. The Hall–Kier alpha value is -2.17. The highest BCUT2D eigenvalue weighted by molar-refractivity contribution is 5.79. The van der Waals surface area contributed by atoms with E-state index in [-0.39, 0.29) is 18.0 Å². The van der Waals surface area contributed by atoms with Crippen molar-refractivity contribution in [2.45, 2.75) is 20.4 Å². The van der Waals surface area contributed by atoms with E-state index in [0.717, 1.165) is 0 Å². The van der Waals surface area contributed by atoms with Crippen LogP contribution in [0.15, 0.2) is 35.4 Å². The predicted octanol–water partition coefficient (Wildman–Crippen LogP) is 1.26. The Bertz CT molecular complexity index is 644. The first-order chi connectivity index (χ1) is 9.17. The second-order valence-electron chi connectivity index (χ2n) is 4.25. The summed E-state index contributed by atoms with van der Waals surface area (Å²) < 4.78 is 1.44.